The Labute approximate surface area is 388 Å². The summed E-state index contributed by atoms with van der Waals surface area (Å²) in [5, 5.41) is 8.90. The first-order chi connectivity index (χ1) is 32.6. The van der Waals surface area contributed by atoms with E-state index in [0.717, 1.165) is 23.5 Å². The zero-order chi connectivity index (χ0) is 43.7. The van der Waals surface area contributed by atoms with Gasteiger partial charge in [-0.05, 0) is 141 Å². The maximum atomic E-state index is 2.48. The first kappa shape index (κ1) is 38.5. The minimum atomic E-state index is 0.510. The molecule has 0 spiro atoms. The topological polar surface area (TPSA) is 8.17 Å². The standard InChI is InChI=1S/C63H44N2S/c1-41-19-32-55-56-38-47(25-34-60(56)65(61(55)37-41)49-14-6-3-7-15-49)48-27-36-63-58(40-48)57-39-46(26-35-62(57)66-63)44-22-30-51(31-23-44)64(50-28-20-43(21-29-50)42-11-4-2-5-12-42)59-18-10-17-53-52-16-9-8-13-45(52)24-33-54(53)59/h2-36,38-41H,37H2,1H3. The van der Waals surface area contributed by atoms with Gasteiger partial charge in [0, 0.05) is 59.3 Å². The SMILES string of the molecule is CC1C=Cc2c(n(-c3ccccc3)c3ccc(-c4ccc5sc6ccc(-c7ccc(N(c8ccc(-c9ccccc9)cc8)c8cccc9c8ccc8ccccc89)cc7)cc6c5c4)cc23)C1. The quantitative estimate of drug-likeness (QED) is 0.145. The Hall–Kier alpha value is -7.98. The van der Waals surface area contributed by atoms with E-state index >= 15 is 0 Å². The van der Waals surface area contributed by atoms with E-state index in [1.807, 2.05) is 11.3 Å². The highest BCUT2D eigenvalue weighted by molar-refractivity contribution is 7.25. The van der Waals surface area contributed by atoms with Crippen LogP contribution in [0.2, 0.25) is 0 Å². The molecule has 0 fully saturated rings. The molecule has 1 atom stereocenters. The van der Waals surface area contributed by atoms with Gasteiger partial charge in [-0.2, -0.15) is 0 Å². The van der Waals surface area contributed by atoms with Gasteiger partial charge >= 0.3 is 0 Å². The predicted molar refractivity (Wildman–Crippen MR) is 284 cm³/mol. The first-order valence-electron chi connectivity index (χ1n) is 23.0. The van der Waals surface area contributed by atoms with Crippen molar-refractivity contribution in [1.82, 2.24) is 4.57 Å². The van der Waals surface area contributed by atoms with E-state index in [1.165, 1.54) is 103 Å². The third kappa shape index (κ3) is 6.46. The molecule has 12 aromatic rings. The van der Waals surface area contributed by atoms with Crippen molar-refractivity contribution < 1.29 is 0 Å². The van der Waals surface area contributed by atoms with Gasteiger partial charge in [-0.15, -0.1) is 11.3 Å². The van der Waals surface area contributed by atoms with Gasteiger partial charge in [-0.3, -0.25) is 0 Å². The number of rotatable bonds is 7. The molecule has 0 radical (unpaired) electrons. The second-order valence-corrected chi connectivity index (χ2v) is 18.9. The number of benzene rings is 10. The number of para-hydroxylation sites is 1. The van der Waals surface area contributed by atoms with Gasteiger partial charge in [-0.25, -0.2) is 0 Å². The van der Waals surface area contributed by atoms with Crippen molar-refractivity contribution in [3.8, 4) is 39.1 Å². The maximum Gasteiger partial charge on any atom is 0.0540 e. The molecule has 2 aromatic heterocycles. The van der Waals surface area contributed by atoms with Crippen LogP contribution in [0.1, 0.15) is 18.2 Å². The van der Waals surface area contributed by atoms with Crippen molar-refractivity contribution in [2.75, 3.05) is 4.90 Å². The lowest BCUT2D eigenvalue weighted by Crippen LogP contribution is -2.10. The number of fused-ring (bicyclic) bond motifs is 9. The Balaban J connectivity index is 0.881. The second-order valence-electron chi connectivity index (χ2n) is 17.8. The minimum Gasteiger partial charge on any atom is -0.313 e. The summed E-state index contributed by atoms with van der Waals surface area (Å²) in [6.45, 7) is 2.31. The van der Waals surface area contributed by atoms with Gasteiger partial charge in [0.05, 0.1) is 11.2 Å². The van der Waals surface area contributed by atoms with E-state index in [0.29, 0.717) is 5.92 Å². The summed E-state index contributed by atoms with van der Waals surface area (Å²) in [4.78, 5) is 2.41. The fourth-order valence-electron chi connectivity index (χ4n) is 10.5. The normalized spacial score (nSPS) is 13.6. The number of nitrogens with zero attached hydrogens (tertiary/aromatic N) is 2. The zero-order valence-electron chi connectivity index (χ0n) is 36.5. The Bertz CT molecular complexity index is 3840. The van der Waals surface area contributed by atoms with Gasteiger partial charge in [-0.1, -0.05) is 159 Å². The summed E-state index contributed by atoms with van der Waals surface area (Å²) in [6, 6.07) is 80.6. The molecule has 66 heavy (non-hydrogen) atoms. The highest BCUT2D eigenvalue weighted by Crippen LogP contribution is 2.44. The lowest BCUT2D eigenvalue weighted by atomic mass is 9.93. The van der Waals surface area contributed by atoms with E-state index in [4.69, 9.17) is 0 Å². The first-order valence-corrected chi connectivity index (χ1v) is 23.8. The molecule has 2 nitrogen and oxygen atoms in total. The third-order valence-corrected chi connectivity index (χ3v) is 14.9. The van der Waals surface area contributed by atoms with Gasteiger partial charge < -0.3 is 9.47 Å². The fraction of sp³-hybridized carbons (Fsp3) is 0.0476. The number of hydrogen-bond donors (Lipinski definition) is 0. The van der Waals surface area contributed by atoms with Crippen molar-refractivity contribution in [2.45, 2.75) is 13.3 Å². The Morgan fingerprint density at radius 1 is 0.439 bits per heavy atom. The molecule has 10 aromatic carbocycles. The van der Waals surface area contributed by atoms with Crippen molar-refractivity contribution in [2.24, 2.45) is 5.92 Å². The molecule has 1 aliphatic rings. The van der Waals surface area contributed by atoms with E-state index < -0.39 is 0 Å². The molecule has 2 heterocycles. The van der Waals surface area contributed by atoms with Crippen molar-refractivity contribution in [3.63, 3.8) is 0 Å². The monoisotopic (exact) mass is 860 g/mol. The molecule has 3 heteroatoms. The van der Waals surface area contributed by atoms with E-state index in [-0.39, 0.29) is 0 Å². The molecule has 13 rings (SSSR count). The molecular weight excluding hydrogens is 817 g/mol. The van der Waals surface area contributed by atoms with Crippen molar-refractivity contribution in [1.29, 1.82) is 0 Å². The summed E-state index contributed by atoms with van der Waals surface area (Å²) in [5.74, 6) is 0.510. The van der Waals surface area contributed by atoms with Crippen LogP contribution in [0.4, 0.5) is 17.1 Å². The van der Waals surface area contributed by atoms with Crippen LogP contribution in [0.5, 0.6) is 0 Å². The van der Waals surface area contributed by atoms with E-state index in [1.54, 1.807) is 0 Å². The third-order valence-electron chi connectivity index (χ3n) is 13.7. The number of aromatic nitrogens is 1. The summed E-state index contributed by atoms with van der Waals surface area (Å²) in [6.07, 6.45) is 5.75. The molecule has 1 unspecified atom stereocenters. The zero-order valence-corrected chi connectivity index (χ0v) is 37.3. The fourth-order valence-corrected chi connectivity index (χ4v) is 11.5. The molecule has 0 amide bonds. The molecular formula is C63H44N2S. The van der Waals surface area contributed by atoms with Crippen LogP contribution in [0.15, 0.2) is 224 Å². The van der Waals surface area contributed by atoms with Gasteiger partial charge in [0.25, 0.3) is 0 Å². The molecule has 1 aliphatic carbocycles. The van der Waals surface area contributed by atoms with Gasteiger partial charge in [0.2, 0.25) is 0 Å². The average Bonchev–Trinajstić information content (AvgIpc) is 3.91. The predicted octanol–water partition coefficient (Wildman–Crippen LogP) is 18.0. The summed E-state index contributed by atoms with van der Waals surface area (Å²) in [7, 11) is 0. The van der Waals surface area contributed by atoms with Crippen LogP contribution in [0, 0.1) is 5.92 Å². The maximum absolute atomic E-state index is 2.48. The van der Waals surface area contributed by atoms with Crippen LogP contribution < -0.4 is 4.90 Å². The number of hydrogen-bond acceptors (Lipinski definition) is 2. The molecule has 0 aliphatic heterocycles. The summed E-state index contributed by atoms with van der Waals surface area (Å²) < 4.78 is 5.09. The largest absolute Gasteiger partial charge is 0.313 e. The lowest BCUT2D eigenvalue weighted by Gasteiger charge is -2.27. The number of allylic oxidation sites excluding steroid dienone is 1. The summed E-state index contributed by atoms with van der Waals surface area (Å²) >= 11 is 1.88. The average molecular weight is 861 g/mol. The second kappa shape index (κ2) is 15.6. The molecule has 312 valence electrons. The smallest absolute Gasteiger partial charge is 0.0540 e. The van der Waals surface area contributed by atoms with Crippen molar-refractivity contribution in [3.05, 3.63) is 236 Å². The van der Waals surface area contributed by atoms with Crippen LogP contribution in [0.25, 0.3) is 97.8 Å². The lowest BCUT2D eigenvalue weighted by molar-refractivity contribution is 0.690. The van der Waals surface area contributed by atoms with Gasteiger partial charge in [0.1, 0.15) is 0 Å². The van der Waals surface area contributed by atoms with Crippen molar-refractivity contribution >= 4 is 87.1 Å². The summed E-state index contributed by atoms with van der Waals surface area (Å²) in [5.41, 5.74) is 15.9. The van der Waals surface area contributed by atoms with Crippen LogP contribution in [-0.2, 0) is 6.42 Å². The Kier molecular flexibility index (Phi) is 9.11. The van der Waals surface area contributed by atoms with E-state index in [9.17, 15) is 0 Å². The van der Waals surface area contributed by atoms with Crippen LogP contribution >= 0.6 is 11.3 Å². The number of thiophene rings is 1. The Morgan fingerprint density at radius 2 is 1.00 bits per heavy atom. The molecule has 0 saturated carbocycles. The molecule has 0 N–H and O–H groups in total. The molecule has 0 saturated heterocycles. The number of anilines is 3. The van der Waals surface area contributed by atoms with Crippen LogP contribution in [0.3, 0.4) is 0 Å². The van der Waals surface area contributed by atoms with Gasteiger partial charge in [0.15, 0.2) is 0 Å². The van der Waals surface area contributed by atoms with E-state index in [2.05, 4.69) is 247 Å². The highest BCUT2D eigenvalue weighted by atomic mass is 32.1. The molecule has 0 bridgehead atoms. The van der Waals surface area contributed by atoms with Crippen LogP contribution in [-0.4, -0.2) is 4.57 Å². The highest BCUT2D eigenvalue weighted by Gasteiger charge is 2.22. The Morgan fingerprint density at radius 3 is 1.71 bits per heavy atom. The minimum absolute atomic E-state index is 0.510.